The van der Waals surface area contributed by atoms with Gasteiger partial charge < -0.3 is 19.4 Å². The number of benzene rings is 1. The van der Waals surface area contributed by atoms with E-state index in [1.807, 2.05) is 78.8 Å². The Balaban J connectivity index is 2.24. The van der Waals surface area contributed by atoms with Gasteiger partial charge in [0.1, 0.15) is 5.60 Å². The molecule has 1 aromatic rings. The number of hydrogen-bond acceptors (Lipinski definition) is 4. The number of nitrogens with one attached hydrogen (secondary N) is 1. The highest BCUT2D eigenvalue weighted by molar-refractivity contribution is 6.47. The molecule has 1 aliphatic rings. The van der Waals surface area contributed by atoms with E-state index < -0.39 is 36.0 Å². The fourth-order valence-electron chi connectivity index (χ4n) is 2.43. The average molecular weight is 333 g/mol. The van der Waals surface area contributed by atoms with Gasteiger partial charge in [0.25, 0.3) is 0 Å². The minimum Gasteiger partial charge on any atom is -0.444 e. The maximum absolute atomic E-state index is 12.3. The van der Waals surface area contributed by atoms with E-state index in [2.05, 4.69) is 5.32 Å². The highest BCUT2D eigenvalue weighted by atomic mass is 16.7. The predicted molar refractivity (Wildman–Crippen MR) is 94.6 cm³/mol. The van der Waals surface area contributed by atoms with Gasteiger partial charge in [0.05, 0.1) is 17.1 Å². The molecule has 1 saturated heterocycles. The van der Waals surface area contributed by atoms with Crippen LogP contribution in [0.4, 0.5) is 4.79 Å². The van der Waals surface area contributed by atoms with Crippen LogP contribution in [-0.4, -0.2) is 30.0 Å². The standard InChI is InChI=1S/C18H28BNO4/c1-16(2,3)22-15(21)20-14(13-11-9-8-10-12-13)19-23-17(4,5)18(6,7)24-19/h8-12,14H,1-7H3,(H,20,21). The summed E-state index contributed by atoms with van der Waals surface area (Å²) in [6.07, 6.45) is -0.494. The van der Waals surface area contributed by atoms with Gasteiger partial charge in [0.15, 0.2) is 0 Å². The maximum Gasteiger partial charge on any atom is 0.486 e. The van der Waals surface area contributed by atoms with E-state index in [-0.39, 0.29) is 0 Å². The van der Waals surface area contributed by atoms with E-state index in [0.717, 1.165) is 5.56 Å². The molecule has 1 heterocycles. The van der Waals surface area contributed by atoms with Crippen LogP contribution in [0.25, 0.3) is 0 Å². The number of amides is 1. The molecular weight excluding hydrogens is 305 g/mol. The molecule has 0 saturated carbocycles. The topological polar surface area (TPSA) is 56.8 Å². The van der Waals surface area contributed by atoms with Crippen molar-refractivity contribution in [1.29, 1.82) is 0 Å². The summed E-state index contributed by atoms with van der Waals surface area (Å²) in [7, 11) is -0.593. The van der Waals surface area contributed by atoms with Gasteiger partial charge in [-0.05, 0) is 54.0 Å². The lowest BCUT2D eigenvalue weighted by molar-refractivity contribution is 0.00578. The van der Waals surface area contributed by atoms with Crippen molar-refractivity contribution >= 4 is 13.2 Å². The minimum atomic E-state index is -0.593. The van der Waals surface area contributed by atoms with Gasteiger partial charge in [-0.2, -0.15) is 0 Å². The second-order valence-corrected chi connectivity index (χ2v) is 8.16. The van der Waals surface area contributed by atoms with E-state index >= 15 is 0 Å². The number of carbonyl (C=O) groups is 1. The second kappa shape index (κ2) is 6.41. The Morgan fingerprint density at radius 2 is 1.58 bits per heavy atom. The molecule has 6 heteroatoms. The van der Waals surface area contributed by atoms with Gasteiger partial charge in [0, 0.05) is 0 Å². The van der Waals surface area contributed by atoms with Crippen molar-refractivity contribution in [3.05, 3.63) is 35.9 Å². The van der Waals surface area contributed by atoms with Crippen LogP contribution in [0.3, 0.4) is 0 Å². The van der Waals surface area contributed by atoms with E-state index in [4.69, 9.17) is 14.0 Å². The lowest BCUT2D eigenvalue weighted by Crippen LogP contribution is -2.43. The van der Waals surface area contributed by atoms with Crippen molar-refractivity contribution in [2.75, 3.05) is 0 Å². The monoisotopic (exact) mass is 333 g/mol. The van der Waals surface area contributed by atoms with Crippen molar-refractivity contribution < 1.29 is 18.8 Å². The molecule has 1 N–H and O–H groups in total. The van der Waals surface area contributed by atoms with Crippen LogP contribution in [0.15, 0.2) is 30.3 Å². The predicted octanol–water partition coefficient (Wildman–Crippen LogP) is 3.88. The zero-order chi connectivity index (χ0) is 18.2. The van der Waals surface area contributed by atoms with Crippen molar-refractivity contribution in [3.63, 3.8) is 0 Å². The third-order valence-electron chi connectivity index (χ3n) is 4.37. The van der Waals surface area contributed by atoms with Crippen LogP contribution in [0.2, 0.25) is 0 Å². The first-order valence-electron chi connectivity index (χ1n) is 8.31. The summed E-state index contributed by atoms with van der Waals surface area (Å²) in [6, 6.07) is 9.65. The smallest absolute Gasteiger partial charge is 0.444 e. The number of carbonyl (C=O) groups excluding carboxylic acids is 1. The Hall–Kier alpha value is -1.53. The van der Waals surface area contributed by atoms with Gasteiger partial charge in [-0.1, -0.05) is 30.3 Å². The highest BCUT2D eigenvalue weighted by Gasteiger charge is 2.54. The van der Waals surface area contributed by atoms with Gasteiger partial charge in [-0.15, -0.1) is 0 Å². The summed E-state index contributed by atoms with van der Waals surface area (Å²) >= 11 is 0. The van der Waals surface area contributed by atoms with Gasteiger partial charge in [0.2, 0.25) is 0 Å². The average Bonchev–Trinajstić information content (AvgIpc) is 2.63. The lowest BCUT2D eigenvalue weighted by Gasteiger charge is -2.32. The first-order valence-corrected chi connectivity index (χ1v) is 8.31. The number of alkyl carbamates (subject to hydrolysis) is 1. The first-order chi connectivity index (χ1) is 10.9. The molecule has 0 radical (unpaired) electrons. The Labute approximate surface area is 145 Å². The maximum atomic E-state index is 12.3. The third kappa shape index (κ3) is 4.30. The molecule has 0 aliphatic carbocycles. The lowest BCUT2D eigenvalue weighted by atomic mass is 9.74. The van der Waals surface area contributed by atoms with Crippen molar-refractivity contribution in [2.24, 2.45) is 0 Å². The van der Waals surface area contributed by atoms with Crippen LogP contribution in [0.1, 0.15) is 60.0 Å². The molecule has 2 rings (SSSR count). The van der Waals surface area contributed by atoms with E-state index in [9.17, 15) is 4.79 Å². The fourth-order valence-corrected chi connectivity index (χ4v) is 2.43. The summed E-state index contributed by atoms with van der Waals surface area (Å²) in [5.41, 5.74) is -0.608. The summed E-state index contributed by atoms with van der Waals surface area (Å²) in [6.45, 7) is 13.5. The van der Waals surface area contributed by atoms with Crippen LogP contribution in [0.5, 0.6) is 0 Å². The molecule has 1 amide bonds. The molecule has 1 fully saturated rings. The van der Waals surface area contributed by atoms with Crippen LogP contribution in [0, 0.1) is 0 Å². The van der Waals surface area contributed by atoms with Gasteiger partial charge in [-0.3, -0.25) is 0 Å². The summed E-state index contributed by atoms with van der Waals surface area (Å²) in [4.78, 5) is 12.3. The second-order valence-electron chi connectivity index (χ2n) is 8.16. The third-order valence-corrected chi connectivity index (χ3v) is 4.37. The Morgan fingerprint density at radius 3 is 2.04 bits per heavy atom. The van der Waals surface area contributed by atoms with Gasteiger partial charge >= 0.3 is 13.2 Å². The van der Waals surface area contributed by atoms with E-state index in [0.29, 0.717) is 0 Å². The molecule has 1 aromatic carbocycles. The molecule has 0 bridgehead atoms. The molecule has 5 nitrogen and oxygen atoms in total. The number of hydrogen-bond donors (Lipinski definition) is 1. The quantitative estimate of drug-likeness (QED) is 0.853. The van der Waals surface area contributed by atoms with Crippen molar-refractivity contribution in [3.8, 4) is 0 Å². The van der Waals surface area contributed by atoms with Crippen LogP contribution >= 0.6 is 0 Å². The SMILES string of the molecule is CC(C)(C)OC(=O)NC(B1OC(C)(C)C(C)(C)O1)c1ccccc1. The molecule has 1 aliphatic heterocycles. The molecule has 132 valence electrons. The molecule has 0 spiro atoms. The Morgan fingerprint density at radius 1 is 1.08 bits per heavy atom. The normalized spacial score (nSPS) is 20.5. The number of ether oxygens (including phenoxy) is 1. The summed E-state index contributed by atoms with van der Waals surface area (Å²) in [5, 5.41) is 2.90. The largest absolute Gasteiger partial charge is 0.486 e. The zero-order valence-electron chi connectivity index (χ0n) is 15.7. The van der Waals surface area contributed by atoms with Crippen LogP contribution < -0.4 is 5.32 Å². The molecule has 0 aromatic heterocycles. The van der Waals surface area contributed by atoms with E-state index in [1.165, 1.54) is 0 Å². The highest BCUT2D eigenvalue weighted by Crippen LogP contribution is 2.40. The zero-order valence-corrected chi connectivity index (χ0v) is 15.7. The fraction of sp³-hybridized carbons (Fsp3) is 0.611. The minimum absolute atomic E-state index is 0.456. The number of rotatable bonds is 3. The van der Waals surface area contributed by atoms with Crippen LogP contribution in [-0.2, 0) is 14.0 Å². The first kappa shape index (κ1) is 18.8. The van der Waals surface area contributed by atoms with Gasteiger partial charge in [-0.25, -0.2) is 4.79 Å². The molecule has 1 atom stereocenters. The van der Waals surface area contributed by atoms with E-state index in [1.54, 1.807) is 0 Å². The molecular formula is C18H28BNO4. The molecule has 1 unspecified atom stereocenters. The summed E-state index contributed by atoms with van der Waals surface area (Å²) in [5.74, 6) is -0.456. The Kier molecular flexibility index (Phi) is 5.02. The van der Waals surface area contributed by atoms with Crippen molar-refractivity contribution in [1.82, 2.24) is 5.32 Å². The molecule has 24 heavy (non-hydrogen) atoms. The Bertz CT molecular complexity index is 564. The summed E-state index contributed by atoms with van der Waals surface area (Å²) < 4.78 is 17.6. The van der Waals surface area contributed by atoms with Crippen molar-refractivity contribution in [2.45, 2.75) is 71.2 Å².